The van der Waals surface area contributed by atoms with Crippen LogP contribution in [0.4, 0.5) is 5.69 Å². The van der Waals surface area contributed by atoms with E-state index in [1.54, 1.807) is 0 Å². The topological polar surface area (TPSA) is 35.1 Å². The second kappa shape index (κ2) is 8.70. The molecule has 0 bridgehead atoms. The van der Waals surface area contributed by atoms with Crippen LogP contribution < -0.4 is 0 Å². The van der Waals surface area contributed by atoms with Gasteiger partial charge in [-0.1, -0.05) is 73.5 Å². The molecule has 2 aromatic heterocycles. The van der Waals surface area contributed by atoms with Gasteiger partial charge < -0.3 is 0 Å². The summed E-state index contributed by atoms with van der Waals surface area (Å²) in [6.07, 6.45) is 6.82. The maximum atomic E-state index is 8.15. The third kappa shape index (κ3) is 3.43. The molecule has 0 radical (unpaired) electrons. The van der Waals surface area contributed by atoms with Gasteiger partial charge in [0.05, 0.1) is 23.6 Å². The molecule has 0 aliphatic carbocycles. The molecule has 0 fully saturated rings. The van der Waals surface area contributed by atoms with Crippen LogP contribution in [0.2, 0.25) is 0 Å². The van der Waals surface area contributed by atoms with E-state index >= 15 is 0 Å². The predicted octanol–water partition coefficient (Wildman–Crippen LogP) is 7.16. The summed E-state index contributed by atoms with van der Waals surface area (Å²) in [5.74, 6) is 2.79. The van der Waals surface area contributed by atoms with E-state index in [-0.39, 0.29) is 0 Å². The average Bonchev–Trinajstić information content (AvgIpc) is 3.24. The molecular formula is C30H22N4. The van der Waals surface area contributed by atoms with E-state index < -0.39 is 0 Å². The predicted molar refractivity (Wildman–Crippen MR) is 138 cm³/mol. The fourth-order valence-electron chi connectivity index (χ4n) is 4.35. The van der Waals surface area contributed by atoms with Gasteiger partial charge in [0.1, 0.15) is 0 Å². The van der Waals surface area contributed by atoms with Gasteiger partial charge in [0.2, 0.25) is 5.69 Å². The lowest BCUT2D eigenvalue weighted by atomic mass is 9.93. The van der Waals surface area contributed by atoms with Crippen molar-refractivity contribution in [2.24, 2.45) is 0 Å². The molecule has 3 aromatic carbocycles. The molecule has 2 heterocycles. The quantitative estimate of drug-likeness (QED) is 0.220. The van der Waals surface area contributed by atoms with E-state index in [1.165, 1.54) is 5.56 Å². The Bertz CT molecular complexity index is 1600. The van der Waals surface area contributed by atoms with Crippen LogP contribution in [0.3, 0.4) is 0 Å². The summed E-state index contributed by atoms with van der Waals surface area (Å²) >= 11 is 0. The number of hydrogen-bond donors (Lipinski definition) is 0. The molecule has 4 nitrogen and oxygen atoms in total. The van der Waals surface area contributed by atoms with Crippen molar-refractivity contribution in [2.45, 2.75) is 20.3 Å². The van der Waals surface area contributed by atoms with Gasteiger partial charge in [-0.05, 0) is 48.2 Å². The van der Waals surface area contributed by atoms with Gasteiger partial charge in [-0.15, -0.1) is 6.42 Å². The monoisotopic (exact) mass is 438 g/mol. The molecule has 0 aliphatic heterocycles. The lowest BCUT2D eigenvalue weighted by Crippen LogP contribution is -1.99. The van der Waals surface area contributed by atoms with E-state index in [9.17, 15) is 0 Å². The Balaban J connectivity index is 1.95. The Morgan fingerprint density at radius 3 is 2.35 bits per heavy atom. The van der Waals surface area contributed by atoms with Crippen molar-refractivity contribution in [3.05, 3.63) is 107 Å². The van der Waals surface area contributed by atoms with Gasteiger partial charge in [-0.2, -0.15) is 5.10 Å². The summed E-state index contributed by atoms with van der Waals surface area (Å²) in [5.41, 5.74) is 8.00. The van der Waals surface area contributed by atoms with Crippen LogP contribution in [0.15, 0.2) is 78.9 Å². The Hall–Kier alpha value is -4.67. The van der Waals surface area contributed by atoms with E-state index in [0.29, 0.717) is 17.0 Å². The van der Waals surface area contributed by atoms with E-state index in [4.69, 9.17) is 23.1 Å². The van der Waals surface area contributed by atoms with Crippen LogP contribution in [0, 0.1) is 25.8 Å². The van der Waals surface area contributed by atoms with Crippen LogP contribution in [0.1, 0.15) is 23.7 Å². The standard InChI is InChI=1S/C30H22N4/c1-5-21-16-18-23(19-17-21)28-29(31-4)27(25-15-11-10-12-22(25)6-2)26-20(3)33-34(30(26)32-28)24-13-8-7-9-14-24/h2,7-19H,5H2,1,3H3. The molecule has 0 atom stereocenters. The highest BCUT2D eigenvalue weighted by Gasteiger charge is 2.24. The minimum atomic E-state index is 0.482. The Morgan fingerprint density at radius 2 is 1.68 bits per heavy atom. The number of aryl methyl sites for hydroxylation is 2. The molecule has 0 unspecified atom stereocenters. The molecule has 0 saturated carbocycles. The van der Waals surface area contributed by atoms with Gasteiger partial charge in [-0.3, -0.25) is 0 Å². The van der Waals surface area contributed by atoms with E-state index in [1.807, 2.05) is 78.3 Å². The van der Waals surface area contributed by atoms with Crippen molar-refractivity contribution < 1.29 is 0 Å². The third-order valence-corrected chi connectivity index (χ3v) is 6.06. The number of hydrogen-bond acceptors (Lipinski definition) is 2. The smallest absolute Gasteiger partial charge is 0.221 e. The number of terminal acetylenes is 1. The fourth-order valence-corrected chi connectivity index (χ4v) is 4.35. The summed E-state index contributed by atoms with van der Waals surface area (Å²) in [6, 6.07) is 25.9. The molecule has 162 valence electrons. The molecule has 34 heavy (non-hydrogen) atoms. The number of benzene rings is 3. The summed E-state index contributed by atoms with van der Waals surface area (Å²) in [7, 11) is 0. The average molecular weight is 439 g/mol. The number of fused-ring (bicyclic) bond motifs is 1. The van der Waals surface area contributed by atoms with Gasteiger partial charge in [-0.25, -0.2) is 14.5 Å². The lowest BCUT2D eigenvalue weighted by molar-refractivity contribution is 0.878. The molecule has 4 heteroatoms. The normalized spacial score (nSPS) is 10.7. The first kappa shape index (κ1) is 21.2. The minimum absolute atomic E-state index is 0.482. The van der Waals surface area contributed by atoms with Crippen molar-refractivity contribution in [1.29, 1.82) is 0 Å². The maximum absolute atomic E-state index is 8.15. The molecule has 0 amide bonds. The second-order valence-electron chi connectivity index (χ2n) is 8.07. The first-order chi connectivity index (χ1) is 16.7. The molecule has 0 aliphatic rings. The van der Waals surface area contributed by atoms with Crippen molar-refractivity contribution in [3.8, 4) is 40.4 Å². The highest BCUT2D eigenvalue weighted by molar-refractivity contribution is 6.07. The zero-order chi connectivity index (χ0) is 23.7. The van der Waals surface area contributed by atoms with Gasteiger partial charge in [0, 0.05) is 16.5 Å². The molecule has 5 rings (SSSR count). The first-order valence-electron chi connectivity index (χ1n) is 11.2. The Morgan fingerprint density at radius 1 is 0.971 bits per heavy atom. The van der Waals surface area contributed by atoms with Crippen LogP contribution in [-0.2, 0) is 6.42 Å². The van der Waals surface area contributed by atoms with Crippen LogP contribution in [0.5, 0.6) is 0 Å². The highest BCUT2D eigenvalue weighted by Crippen LogP contribution is 2.45. The number of nitrogens with zero attached hydrogens (tertiary/aromatic N) is 4. The summed E-state index contributed by atoms with van der Waals surface area (Å²) in [5, 5.41) is 5.68. The number of rotatable bonds is 4. The molecular weight excluding hydrogens is 416 g/mol. The molecule has 0 saturated heterocycles. The van der Waals surface area contributed by atoms with E-state index in [0.717, 1.165) is 45.4 Å². The number of pyridine rings is 1. The summed E-state index contributed by atoms with van der Waals surface area (Å²) in [6.45, 7) is 12.2. The van der Waals surface area contributed by atoms with Crippen molar-refractivity contribution in [1.82, 2.24) is 14.8 Å². The van der Waals surface area contributed by atoms with Gasteiger partial charge in [0.25, 0.3) is 0 Å². The third-order valence-electron chi connectivity index (χ3n) is 6.06. The first-order valence-corrected chi connectivity index (χ1v) is 11.2. The SMILES string of the molecule is [C-]#[N+]c1c(-c2ccc(CC)cc2)nc2c(c(C)nn2-c2ccccc2)c1-c1ccccc1C#C. The van der Waals surface area contributed by atoms with E-state index in [2.05, 4.69) is 29.8 Å². The number of para-hydroxylation sites is 1. The second-order valence-corrected chi connectivity index (χ2v) is 8.07. The van der Waals surface area contributed by atoms with Crippen molar-refractivity contribution in [3.63, 3.8) is 0 Å². The lowest BCUT2D eigenvalue weighted by Gasteiger charge is -2.14. The minimum Gasteiger partial charge on any atom is -0.240 e. The Labute approximate surface area is 199 Å². The summed E-state index contributed by atoms with van der Waals surface area (Å²) < 4.78 is 1.85. The van der Waals surface area contributed by atoms with Crippen molar-refractivity contribution in [2.75, 3.05) is 0 Å². The molecule has 0 N–H and O–H groups in total. The summed E-state index contributed by atoms with van der Waals surface area (Å²) in [4.78, 5) is 9.04. The van der Waals surface area contributed by atoms with Gasteiger partial charge >= 0.3 is 0 Å². The molecule has 0 spiro atoms. The largest absolute Gasteiger partial charge is 0.240 e. The fraction of sp³-hybridized carbons (Fsp3) is 0.100. The number of aromatic nitrogens is 3. The zero-order valence-electron chi connectivity index (χ0n) is 19.1. The van der Waals surface area contributed by atoms with Crippen LogP contribution in [0.25, 0.3) is 44.0 Å². The van der Waals surface area contributed by atoms with Gasteiger partial charge in [0.15, 0.2) is 5.65 Å². The molecule has 5 aromatic rings. The van der Waals surface area contributed by atoms with Crippen LogP contribution >= 0.6 is 0 Å². The highest BCUT2D eigenvalue weighted by atomic mass is 15.3. The zero-order valence-corrected chi connectivity index (χ0v) is 19.1. The van der Waals surface area contributed by atoms with Crippen LogP contribution in [-0.4, -0.2) is 14.8 Å². The van der Waals surface area contributed by atoms with Crippen molar-refractivity contribution >= 4 is 16.7 Å². The maximum Gasteiger partial charge on any atom is 0.221 e. The Kier molecular flexibility index (Phi) is 5.42.